The summed E-state index contributed by atoms with van der Waals surface area (Å²) in [7, 11) is 2.03. The van der Waals surface area contributed by atoms with Crippen molar-refractivity contribution in [2.24, 2.45) is 0 Å². The fraction of sp³-hybridized carbons (Fsp3) is 0.667. The molecule has 0 aliphatic carbocycles. The lowest BCUT2D eigenvalue weighted by molar-refractivity contribution is -0.133. The topological polar surface area (TPSA) is 40.5 Å². The molecule has 0 amide bonds. The predicted octanol–water partition coefficient (Wildman–Crippen LogP) is 0.864. The maximum absolute atomic E-state index is 10.8. The molecule has 0 aromatic rings. The molecule has 3 heteroatoms. The predicted molar refractivity (Wildman–Crippen MR) is 44.9 cm³/mol. The van der Waals surface area contributed by atoms with Gasteiger partial charge in [0.1, 0.15) is 0 Å². The van der Waals surface area contributed by atoms with Crippen molar-refractivity contribution in [3.63, 3.8) is 0 Å². The van der Waals surface area contributed by atoms with Gasteiger partial charge in [0.2, 0.25) is 0 Å². The fourth-order valence-corrected chi connectivity index (χ4v) is 2.30. The van der Waals surface area contributed by atoms with Crippen LogP contribution >= 0.6 is 0 Å². The molecule has 66 valence electrons. The van der Waals surface area contributed by atoms with Gasteiger partial charge in [-0.1, -0.05) is 6.08 Å². The van der Waals surface area contributed by atoms with E-state index in [4.69, 9.17) is 5.11 Å². The summed E-state index contributed by atoms with van der Waals surface area (Å²) in [5, 5.41) is 8.88. The van der Waals surface area contributed by atoms with Crippen molar-refractivity contribution in [1.82, 2.24) is 4.90 Å². The van der Waals surface area contributed by atoms with E-state index in [9.17, 15) is 4.79 Å². The normalized spacial score (nSPS) is 34.9. The van der Waals surface area contributed by atoms with Crippen LogP contribution in [0, 0.1) is 0 Å². The number of hydrogen-bond donors (Lipinski definition) is 1. The summed E-state index contributed by atoms with van der Waals surface area (Å²) in [6.07, 6.45) is 4.97. The van der Waals surface area contributed by atoms with Gasteiger partial charge in [0.05, 0.1) is 5.57 Å². The van der Waals surface area contributed by atoms with E-state index >= 15 is 0 Å². The third-order valence-electron chi connectivity index (χ3n) is 3.06. The minimum absolute atomic E-state index is 0.182. The summed E-state index contributed by atoms with van der Waals surface area (Å²) >= 11 is 0. The summed E-state index contributed by atoms with van der Waals surface area (Å²) < 4.78 is 0. The summed E-state index contributed by atoms with van der Waals surface area (Å²) in [6, 6.07) is 0.777. The molecule has 0 aromatic heterocycles. The average molecular weight is 167 g/mol. The Morgan fingerprint density at radius 2 is 2.42 bits per heavy atom. The van der Waals surface area contributed by atoms with Gasteiger partial charge in [-0.25, -0.2) is 4.79 Å². The van der Waals surface area contributed by atoms with Crippen molar-refractivity contribution < 1.29 is 9.90 Å². The Kier molecular flexibility index (Phi) is 1.68. The Labute approximate surface area is 71.7 Å². The van der Waals surface area contributed by atoms with E-state index in [0.29, 0.717) is 11.6 Å². The number of fused-ring (bicyclic) bond motifs is 2. The van der Waals surface area contributed by atoms with E-state index < -0.39 is 5.97 Å². The zero-order chi connectivity index (χ0) is 8.72. The summed E-state index contributed by atoms with van der Waals surface area (Å²) in [5.74, 6) is -0.743. The lowest BCUT2D eigenvalue weighted by Crippen LogP contribution is -2.38. The van der Waals surface area contributed by atoms with Crippen LogP contribution in [0.1, 0.15) is 19.3 Å². The van der Waals surface area contributed by atoms with Crippen molar-refractivity contribution in [2.75, 3.05) is 7.05 Å². The number of carboxylic acid groups (broad SMARTS) is 1. The molecule has 0 radical (unpaired) electrons. The van der Waals surface area contributed by atoms with Crippen LogP contribution < -0.4 is 0 Å². The first-order chi connectivity index (χ1) is 5.70. The molecule has 2 bridgehead atoms. The Morgan fingerprint density at radius 1 is 1.67 bits per heavy atom. The Hall–Kier alpha value is -0.830. The number of hydrogen-bond acceptors (Lipinski definition) is 2. The first kappa shape index (κ1) is 7.80. The number of carbonyl (C=O) groups is 1. The minimum atomic E-state index is -0.743. The van der Waals surface area contributed by atoms with Crippen molar-refractivity contribution >= 4 is 5.97 Å². The first-order valence-electron chi connectivity index (χ1n) is 4.35. The van der Waals surface area contributed by atoms with E-state index in [-0.39, 0.29) is 6.04 Å². The van der Waals surface area contributed by atoms with Crippen LogP contribution in [0.3, 0.4) is 0 Å². The molecule has 1 unspecified atom stereocenters. The molecule has 1 fully saturated rings. The number of likely N-dealkylation sites (N-methyl/N-ethyl adjacent to an activating group) is 1. The molecular weight excluding hydrogens is 154 g/mol. The second-order valence-corrected chi connectivity index (χ2v) is 3.61. The highest BCUT2D eigenvalue weighted by Crippen LogP contribution is 2.33. The summed E-state index contributed by atoms with van der Waals surface area (Å²) in [6.45, 7) is 0. The van der Waals surface area contributed by atoms with E-state index in [1.54, 1.807) is 0 Å². The van der Waals surface area contributed by atoms with Gasteiger partial charge in [0.25, 0.3) is 0 Å². The second kappa shape index (κ2) is 2.59. The monoisotopic (exact) mass is 167 g/mol. The van der Waals surface area contributed by atoms with Crippen molar-refractivity contribution in [3.8, 4) is 0 Å². The molecule has 0 spiro atoms. The standard InChI is InChI=1S/C9H13NO2/c1-10-6-2-4-7(9(11)12)8(10)5-3-6/h4,6,8H,2-3,5H2,1H3,(H,11,12)/t6-,8?/m1/s1. The molecular formula is C9H13NO2. The number of rotatable bonds is 1. The fourth-order valence-electron chi connectivity index (χ4n) is 2.30. The third kappa shape index (κ3) is 0.966. The van der Waals surface area contributed by atoms with Gasteiger partial charge >= 0.3 is 5.97 Å². The highest BCUT2D eigenvalue weighted by Gasteiger charge is 2.37. The molecule has 2 heterocycles. The Morgan fingerprint density at radius 3 is 3.08 bits per heavy atom. The first-order valence-corrected chi connectivity index (χ1v) is 4.35. The Bertz CT molecular complexity index is 247. The molecule has 0 saturated carbocycles. The molecule has 3 nitrogen and oxygen atoms in total. The zero-order valence-electron chi connectivity index (χ0n) is 7.16. The van der Waals surface area contributed by atoms with Crippen molar-refractivity contribution in [1.29, 1.82) is 0 Å². The van der Waals surface area contributed by atoms with E-state index in [1.807, 2.05) is 13.1 Å². The largest absolute Gasteiger partial charge is 0.478 e. The molecule has 2 rings (SSSR count). The highest BCUT2D eigenvalue weighted by atomic mass is 16.4. The highest BCUT2D eigenvalue weighted by molar-refractivity contribution is 5.88. The summed E-state index contributed by atoms with van der Waals surface area (Å²) in [5.41, 5.74) is 0.603. The van der Waals surface area contributed by atoms with Gasteiger partial charge in [0.15, 0.2) is 0 Å². The van der Waals surface area contributed by atoms with Gasteiger partial charge in [-0.05, 0) is 26.3 Å². The molecule has 0 aromatic carbocycles. The number of nitrogens with zero attached hydrogens (tertiary/aromatic N) is 1. The quantitative estimate of drug-likeness (QED) is 0.629. The molecule has 12 heavy (non-hydrogen) atoms. The van der Waals surface area contributed by atoms with Gasteiger partial charge in [0, 0.05) is 12.1 Å². The van der Waals surface area contributed by atoms with E-state index in [0.717, 1.165) is 19.3 Å². The third-order valence-corrected chi connectivity index (χ3v) is 3.06. The van der Waals surface area contributed by atoms with Crippen molar-refractivity contribution in [3.05, 3.63) is 11.6 Å². The van der Waals surface area contributed by atoms with Crippen LogP contribution in [-0.2, 0) is 4.79 Å². The van der Waals surface area contributed by atoms with E-state index in [1.165, 1.54) is 0 Å². The van der Waals surface area contributed by atoms with Gasteiger partial charge < -0.3 is 5.11 Å². The van der Waals surface area contributed by atoms with E-state index in [2.05, 4.69) is 4.90 Å². The van der Waals surface area contributed by atoms with Gasteiger partial charge in [-0.3, -0.25) is 4.90 Å². The molecule has 1 N–H and O–H groups in total. The average Bonchev–Trinajstić information content (AvgIpc) is 2.32. The maximum atomic E-state index is 10.8. The van der Waals surface area contributed by atoms with Crippen LogP contribution in [0.4, 0.5) is 0 Å². The van der Waals surface area contributed by atoms with Gasteiger partial charge in [-0.15, -0.1) is 0 Å². The van der Waals surface area contributed by atoms with Crippen LogP contribution in [-0.4, -0.2) is 35.1 Å². The molecule has 2 aliphatic rings. The lowest BCUT2D eigenvalue weighted by Gasteiger charge is -2.29. The molecule has 1 saturated heterocycles. The van der Waals surface area contributed by atoms with Crippen LogP contribution in [0.25, 0.3) is 0 Å². The van der Waals surface area contributed by atoms with Gasteiger partial charge in [-0.2, -0.15) is 0 Å². The zero-order valence-corrected chi connectivity index (χ0v) is 7.16. The minimum Gasteiger partial charge on any atom is -0.478 e. The number of carboxylic acids is 1. The Balaban J connectivity index is 2.27. The van der Waals surface area contributed by atoms with Crippen LogP contribution in [0.5, 0.6) is 0 Å². The number of aliphatic carboxylic acids is 1. The van der Waals surface area contributed by atoms with Crippen LogP contribution in [0.2, 0.25) is 0 Å². The lowest BCUT2D eigenvalue weighted by atomic mass is 10.0. The van der Waals surface area contributed by atoms with Crippen molar-refractivity contribution in [2.45, 2.75) is 31.3 Å². The molecule has 2 atom stereocenters. The molecule has 2 aliphatic heterocycles. The SMILES string of the molecule is CN1C2CC[C@H]1CC=C2C(=O)O. The summed E-state index contributed by atoms with van der Waals surface area (Å²) in [4.78, 5) is 13.0. The van der Waals surface area contributed by atoms with Crippen LogP contribution in [0.15, 0.2) is 11.6 Å². The second-order valence-electron chi connectivity index (χ2n) is 3.61. The maximum Gasteiger partial charge on any atom is 0.332 e. The smallest absolute Gasteiger partial charge is 0.332 e.